The van der Waals surface area contributed by atoms with Crippen LogP contribution >= 0.6 is 0 Å². The Labute approximate surface area is 205 Å². The molecule has 0 radical (unpaired) electrons. The van der Waals surface area contributed by atoms with Crippen molar-refractivity contribution >= 4 is 17.4 Å². The molecule has 0 saturated carbocycles. The van der Waals surface area contributed by atoms with Crippen molar-refractivity contribution in [3.05, 3.63) is 59.2 Å². The summed E-state index contributed by atoms with van der Waals surface area (Å²) in [5.74, 6) is 0.125. The lowest BCUT2D eigenvalue weighted by atomic mass is 9.95. The fourth-order valence-corrected chi connectivity index (χ4v) is 4.62. The Morgan fingerprint density at radius 3 is 2.54 bits per heavy atom. The van der Waals surface area contributed by atoms with Crippen LogP contribution in [0.15, 0.2) is 48.0 Å². The van der Waals surface area contributed by atoms with Gasteiger partial charge in [-0.05, 0) is 62.0 Å². The van der Waals surface area contributed by atoms with Crippen LogP contribution in [0, 0.1) is 0 Å². The Bertz CT molecular complexity index is 1120. The zero-order valence-electron chi connectivity index (χ0n) is 20.5. The van der Waals surface area contributed by atoms with Gasteiger partial charge in [-0.25, -0.2) is 0 Å². The number of hydrogen-bond acceptors (Lipinski definition) is 7. The number of carbonyl (C=O) groups excluding carboxylic acids is 2. The van der Waals surface area contributed by atoms with Crippen molar-refractivity contribution in [3.8, 4) is 17.2 Å². The molecule has 2 heterocycles. The number of fused-ring (bicyclic) bond motifs is 1. The lowest BCUT2D eigenvalue weighted by Gasteiger charge is -2.27. The van der Waals surface area contributed by atoms with Gasteiger partial charge in [0.25, 0.3) is 11.7 Å². The van der Waals surface area contributed by atoms with E-state index < -0.39 is 17.7 Å². The second-order valence-electron chi connectivity index (χ2n) is 8.51. The van der Waals surface area contributed by atoms with Gasteiger partial charge in [0.05, 0.1) is 18.7 Å². The molecule has 0 aliphatic carbocycles. The number of aliphatic hydroxyl groups excluding tert-OH is 1. The highest BCUT2D eigenvalue weighted by Gasteiger charge is 2.46. The summed E-state index contributed by atoms with van der Waals surface area (Å²) in [4.78, 5) is 30.3. The van der Waals surface area contributed by atoms with Crippen molar-refractivity contribution in [2.75, 3.05) is 46.5 Å². The van der Waals surface area contributed by atoms with Gasteiger partial charge >= 0.3 is 0 Å². The number of carbonyl (C=O) groups is 2. The molecule has 1 saturated heterocycles. The van der Waals surface area contributed by atoms with E-state index in [9.17, 15) is 14.7 Å². The summed E-state index contributed by atoms with van der Waals surface area (Å²) in [5, 5.41) is 11.3. The third kappa shape index (κ3) is 4.98. The van der Waals surface area contributed by atoms with Gasteiger partial charge in [-0.3, -0.25) is 9.59 Å². The van der Waals surface area contributed by atoms with Crippen molar-refractivity contribution in [2.24, 2.45) is 0 Å². The van der Waals surface area contributed by atoms with E-state index in [0.717, 1.165) is 19.6 Å². The molecule has 2 aromatic rings. The van der Waals surface area contributed by atoms with Crippen LogP contribution in [-0.4, -0.2) is 73.1 Å². The summed E-state index contributed by atoms with van der Waals surface area (Å²) in [7, 11) is 1.56. The molecule has 1 N–H and O–H groups in total. The number of ketones is 1. The number of hydrogen-bond donors (Lipinski definition) is 1. The molecule has 0 aromatic heterocycles. The predicted octanol–water partition coefficient (Wildman–Crippen LogP) is 3.62. The van der Waals surface area contributed by atoms with E-state index in [4.69, 9.17) is 14.2 Å². The minimum Gasteiger partial charge on any atom is -0.507 e. The number of methoxy groups -OCH3 is 1. The van der Waals surface area contributed by atoms with E-state index in [2.05, 4.69) is 18.7 Å². The van der Waals surface area contributed by atoms with Gasteiger partial charge in [-0.1, -0.05) is 26.0 Å². The Morgan fingerprint density at radius 2 is 1.83 bits per heavy atom. The fraction of sp³-hybridized carbons (Fsp3) is 0.407. The standard InChI is InChI=1S/C27H32N2O6/c1-4-28(5-2)12-7-13-29-24(18-8-6-9-20(16-18)33-3)23(26(31)27(29)32)25(30)19-10-11-21-22(17-19)35-15-14-34-21/h6,8-11,16-17,24,30H,4-5,7,12-15H2,1-3H3/b25-23+/t24-/m0/s1. The highest BCUT2D eigenvalue weighted by molar-refractivity contribution is 6.46. The molecule has 35 heavy (non-hydrogen) atoms. The van der Waals surface area contributed by atoms with Crippen LogP contribution < -0.4 is 14.2 Å². The molecule has 2 aliphatic rings. The summed E-state index contributed by atoms with van der Waals surface area (Å²) in [5.41, 5.74) is 1.15. The van der Waals surface area contributed by atoms with Gasteiger partial charge < -0.3 is 29.1 Å². The van der Waals surface area contributed by atoms with Crippen LogP contribution in [0.2, 0.25) is 0 Å². The van der Waals surface area contributed by atoms with Gasteiger partial charge in [0.2, 0.25) is 0 Å². The van der Waals surface area contributed by atoms with Crippen molar-refractivity contribution in [2.45, 2.75) is 26.3 Å². The first kappa shape index (κ1) is 24.6. The zero-order valence-corrected chi connectivity index (χ0v) is 20.5. The summed E-state index contributed by atoms with van der Waals surface area (Å²) < 4.78 is 16.6. The van der Waals surface area contributed by atoms with E-state index >= 15 is 0 Å². The number of aliphatic hydroxyl groups is 1. The Morgan fingerprint density at radius 1 is 1.09 bits per heavy atom. The van der Waals surface area contributed by atoms with Crippen LogP contribution in [-0.2, 0) is 9.59 Å². The molecule has 2 aromatic carbocycles. The molecule has 2 aliphatic heterocycles. The molecule has 0 unspecified atom stereocenters. The molecule has 0 bridgehead atoms. The van der Waals surface area contributed by atoms with E-state index in [1.165, 1.54) is 0 Å². The molecular weight excluding hydrogens is 448 g/mol. The number of likely N-dealkylation sites (tertiary alicyclic amines) is 1. The van der Waals surface area contributed by atoms with Gasteiger partial charge in [0, 0.05) is 12.1 Å². The van der Waals surface area contributed by atoms with Crippen molar-refractivity contribution in [1.29, 1.82) is 0 Å². The normalized spacial score (nSPS) is 18.9. The molecule has 0 spiro atoms. The maximum atomic E-state index is 13.3. The molecule has 1 atom stereocenters. The molecule has 1 amide bonds. The third-order valence-corrected chi connectivity index (χ3v) is 6.53. The van der Waals surface area contributed by atoms with E-state index in [-0.39, 0.29) is 11.3 Å². The first-order chi connectivity index (χ1) is 17.0. The first-order valence-electron chi connectivity index (χ1n) is 12.0. The Kier molecular flexibility index (Phi) is 7.60. The average Bonchev–Trinajstić information content (AvgIpc) is 3.15. The zero-order chi connectivity index (χ0) is 24.9. The molecule has 8 heteroatoms. The maximum Gasteiger partial charge on any atom is 0.295 e. The summed E-state index contributed by atoms with van der Waals surface area (Å²) >= 11 is 0. The van der Waals surface area contributed by atoms with Gasteiger partial charge in [0.1, 0.15) is 24.7 Å². The summed E-state index contributed by atoms with van der Waals surface area (Å²) in [6, 6.07) is 11.5. The minimum atomic E-state index is -0.727. The lowest BCUT2D eigenvalue weighted by molar-refractivity contribution is -0.140. The quantitative estimate of drug-likeness (QED) is 0.333. The second-order valence-corrected chi connectivity index (χ2v) is 8.51. The van der Waals surface area contributed by atoms with Crippen molar-refractivity contribution in [3.63, 3.8) is 0 Å². The largest absolute Gasteiger partial charge is 0.507 e. The second kappa shape index (κ2) is 10.8. The number of benzene rings is 2. The molecule has 4 rings (SSSR count). The molecular formula is C27H32N2O6. The van der Waals surface area contributed by atoms with Crippen LogP contribution in [0.5, 0.6) is 17.2 Å². The number of ether oxygens (including phenoxy) is 3. The van der Waals surface area contributed by atoms with E-state index in [0.29, 0.717) is 54.6 Å². The van der Waals surface area contributed by atoms with E-state index in [1.54, 1.807) is 42.3 Å². The Hall–Kier alpha value is -3.52. The van der Waals surface area contributed by atoms with Gasteiger partial charge in [0.15, 0.2) is 11.5 Å². The number of nitrogens with zero attached hydrogens (tertiary/aromatic N) is 2. The number of rotatable bonds is 9. The first-order valence-corrected chi connectivity index (χ1v) is 12.0. The van der Waals surface area contributed by atoms with E-state index in [1.807, 2.05) is 12.1 Å². The van der Waals surface area contributed by atoms with Crippen molar-refractivity contribution in [1.82, 2.24) is 9.80 Å². The van der Waals surface area contributed by atoms with Crippen LogP contribution in [0.3, 0.4) is 0 Å². The number of Topliss-reactive ketones (excluding diaryl/α,β-unsaturated/α-hetero) is 1. The molecule has 186 valence electrons. The molecule has 8 nitrogen and oxygen atoms in total. The van der Waals surface area contributed by atoms with Crippen molar-refractivity contribution < 1.29 is 28.9 Å². The van der Waals surface area contributed by atoms with Crippen LogP contribution in [0.25, 0.3) is 5.76 Å². The fourth-order valence-electron chi connectivity index (χ4n) is 4.62. The summed E-state index contributed by atoms with van der Waals surface area (Å²) in [6.45, 7) is 8.07. The Balaban J connectivity index is 1.75. The highest BCUT2D eigenvalue weighted by atomic mass is 16.6. The smallest absolute Gasteiger partial charge is 0.295 e. The van der Waals surface area contributed by atoms with Gasteiger partial charge in [-0.2, -0.15) is 0 Å². The predicted molar refractivity (Wildman–Crippen MR) is 132 cm³/mol. The molecule has 1 fully saturated rings. The number of amides is 1. The monoisotopic (exact) mass is 480 g/mol. The summed E-state index contributed by atoms with van der Waals surface area (Å²) in [6.07, 6.45) is 0.708. The SMILES string of the molecule is CCN(CC)CCCN1C(=O)C(=O)/C(=C(/O)c2ccc3c(c2)OCCO3)[C@@H]1c1cccc(OC)c1. The lowest BCUT2D eigenvalue weighted by Crippen LogP contribution is -2.33. The highest BCUT2D eigenvalue weighted by Crippen LogP contribution is 2.41. The topological polar surface area (TPSA) is 88.5 Å². The van der Waals surface area contributed by atoms with Crippen LogP contribution in [0.4, 0.5) is 0 Å². The van der Waals surface area contributed by atoms with Crippen LogP contribution in [0.1, 0.15) is 37.4 Å². The minimum absolute atomic E-state index is 0.0581. The van der Waals surface area contributed by atoms with Gasteiger partial charge in [-0.15, -0.1) is 0 Å². The maximum absolute atomic E-state index is 13.3. The third-order valence-electron chi connectivity index (χ3n) is 6.53. The average molecular weight is 481 g/mol.